The third kappa shape index (κ3) is 6.16. The van der Waals surface area contributed by atoms with E-state index in [9.17, 15) is 0 Å². The molecule has 3 rings (SSSR count). The molecule has 3 aromatic rings. The van der Waals surface area contributed by atoms with Gasteiger partial charge in [-0.25, -0.2) is 0 Å². The van der Waals surface area contributed by atoms with E-state index in [2.05, 4.69) is 118 Å². The molecule has 0 bridgehead atoms. The molecule has 2 heteroatoms. The SMILES string of the molecule is CC(C)=CCC[C@H](C)CC[P+](c1ccccc1)(c1ccccc1)c1ccccc1.[Br-]. The van der Waals surface area contributed by atoms with Crippen LogP contribution in [0.2, 0.25) is 0 Å². The molecule has 0 saturated heterocycles. The van der Waals surface area contributed by atoms with E-state index in [1.807, 2.05) is 0 Å². The standard InChI is InChI=1S/C28H34P.BrH/c1-24(2)14-13-15-25(3)22-23-29(26-16-7-4-8-17-26,27-18-9-5-10-19-27)28-20-11-6-12-21-28;/h4-12,14,16-21,25H,13,15,22-23H2,1-3H3;1H/q+1;/p-1/t25-;/m0./s1. The van der Waals surface area contributed by atoms with E-state index in [1.54, 1.807) is 0 Å². The Morgan fingerprint density at radius 1 is 0.700 bits per heavy atom. The summed E-state index contributed by atoms with van der Waals surface area (Å²) >= 11 is 0. The van der Waals surface area contributed by atoms with Crippen LogP contribution in [-0.2, 0) is 0 Å². The Morgan fingerprint density at radius 2 is 1.10 bits per heavy atom. The van der Waals surface area contributed by atoms with E-state index in [0.717, 1.165) is 5.92 Å². The number of allylic oxidation sites excluding steroid dienone is 2. The summed E-state index contributed by atoms with van der Waals surface area (Å²) in [4.78, 5) is 0. The van der Waals surface area contributed by atoms with Crippen molar-refractivity contribution in [3.8, 4) is 0 Å². The summed E-state index contributed by atoms with van der Waals surface area (Å²) in [6, 6.07) is 33.7. The lowest BCUT2D eigenvalue weighted by Crippen LogP contribution is -3.00. The van der Waals surface area contributed by atoms with E-state index >= 15 is 0 Å². The quantitative estimate of drug-likeness (QED) is 0.323. The second-order valence-electron chi connectivity index (χ2n) is 8.29. The summed E-state index contributed by atoms with van der Waals surface area (Å²) in [6.45, 7) is 6.82. The van der Waals surface area contributed by atoms with Crippen molar-refractivity contribution >= 4 is 23.2 Å². The maximum absolute atomic E-state index is 2.43. The van der Waals surface area contributed by atoms with Gasteiger partial charge in [0.15, 0.2) is 0 Å². The topological polar surface area (TPSA) is 0 Å². The number of hydrogen-bond donors (Lipinski definition) is 0. The zero-order valence-corrected chi connectivity index (χ0v) is 20.9. The van der Waals surface area contributed by atoms with Crippen molar-refractivity contribution in [1.82, 2.24) is 0 Å². The van der Waals surface area contributed by atoms with Gasteiger partial charge in [0.1, 0.15) is 23.2 Å². The largest absolute Gasteiger partial charge is 1.00 e. The summed E-state index contributed by atoms with van der Waals surface area (Å²) < 4.78 is 0. The van der Waals surface area contributed by atoms with Crippen molar-refractivity contribution in [3.63, 3.8) is 0 Å². The Balaban J connectivity index is 0.00000320. The van der Waals surface area contributed by atoms with Gasteiger partial charge in [-0.3, -0.25) is 0 Å². The van der Waals surface area contributed by atoms with Crippen molar-refractivity contribution < 1.29 is 17.0 Å². The summed E-state index contributed by atoms with van der Waals surface area (Å²) in [5, 5.41) is 4.48. The molecule has 0 amide bonds. The zero-order valence-electron chi connectivity index (χ0n) is 18.5. The van der Waals surface area contributed by atoms with Crippen molar-refractivity contribution in [2.45, 2.75) is 40.0 Å². The van der Waals surface area contributed by atoms with Gasteiger partial charge in [-0.05, 0) is 75.4 Å². The van der Waals surface area contributed by atoms with Crippen molar-refractivity contribution in [1.29, 1.82) is 0 Å². The fourth-order valence-corrected chi connectivity index (χ4v) is 8.64. The van der Waals surface area contributed by atoms with E-state index in [4.69, 9.17) is 0 Å². The molecule has 0 heterocycles. The van der Waals surface area contributed by atoms with Crippen LogP contribution in [0.5, 0.6) is 0 Å². The Morgan fingerprint density at radius 3 is 1.47 bits per heavy atom. The Hall–Kier alpha value is -1.69. The molecular formula is C28H34BrP. The zero-order chi connectivity index (χ0) is 20.5. The highest BCUT2D eigenvalue weighted by Gasteiger charge is 2.44. The van der Waals surface area contributed by atoms with Crippen LogP contribution in [0.25, 0.3) is 0 Å². The molecule has 0 aliphatic rings. The van der Waals surface area contributed by atoms with Crippen LogP contribution in [0.1, 0.15) is 40.0 Å². The molecule has 0 N–H and O–H groups in total. The fourth-order valence-electron chi connectivity index (χ4n) is 4.10. The van der Waals surface area contributed by atoms with Gasteiger partial charge in [-0.1, -0.05) is 73.2 Å². The monoisotopic (exact) mass is 480 g/mol. The molecular weight excluding hydrogens is 447 g/mol. The number of benzene rings is 3. The Kier molecular flexibility index (Phi) is 10.0. The maximum Gasteiger partial charge on any atom is 0.112 e. The summed E-state index contributed by atoms with van der Waals surface area (Å²) in [7, 11) is -1.67. The lowest BCUT2D eigenvalue weighted by atomic mass is 10.0. The Labute approximate surface area is 194 Å². The Bertz CT molecular complexity index is 787. The van der Waals surface area contributed by atoms with E-state index in [-0.39, 0.29) is 17.0 Å². The van der Waals surface area contributed by atoms with Crippen LogP contribution in [0.4, 0.5) is 0 Å². The molecule has 0 radical (unpaired) electrons. The summed E-state index contributed by atoms with van der Waals surface area (Å²) in [5.74, 6) is 0.723. The number of halogens is 1. The van der Waals surface area contributed by atoms with Crippen molar-refractivity contribution in [2.75, 3.05) is 6.16 Å². The van der Waals surface area contributed by atoms with E-state index in [0.29, 0.717) is 0 Å². The van der Waals surface area contributed by atoms with Gasteiger partial charge in [0, 0.05) is 0 Å². The predicted octanol–water partition coefficient (Wildman–Crippen LogP) is 3.76. The second kappa shape index (κ2) is 12.2. The molecule has 0 fully saturated rings. The number of rotatable bonds is 9. The molecule has 0 aliphatic carbocycles. The highest BCUT2D eigenvalue weighted by atomic mass is 79.9. The highest BCUT2D eigenvalue weighted by Crippen LogP contribution is 2.56. The predicted molar refractivity (Wildman–Crippen MR) is 132 cm³/mol. The van der Waals surface area contributed by atoms with Crippen LogP contribution < -0.4 is 32.9 Å². The summed E-state index contributed by atoms with van der Waals surface area (Å²) in [5.41, 5.74) is 1.43. The normalized spacial score (nSPS) is 12.0. The van der Waals surface area contributed by atoms with Gasteiger partial charge in [-0.15, -0.1) is 0 Å². The average Bonchev–Trinajstić information content (AvgIpc) is 2.76. The molecule has 3 aromatic carbocycles. The maximum atomic E-state index is 2.43. The van der Waals surface area contributed by atoms with Crippen LogP contribution in [0.15, 0.2) is 103 Å². The molecule has 1 atom stereocenters. The summed E-state index contributed by atoms with van der Waals surface area (Å²) in [6.07, 6.45) is 7.31. The first-order valence-electron chi connectivity index (χ1n) is 10.8. The average molecular weight is 481 g/mol. The molecule has 0 spiro atoms. The first-order chi connectivity index (χ1) is 14.1. The molecule has 0 aromatic heterocycles. The van der Waals surface area contributed by atoms with Crippen LogP contribution >= 0.6 is 7.26 Å². The lowest BCUT2D eigenvalue weighted by molar-refractivity contribution is -0.00000602. The van der Waals surface area contributed by atoms with Gasteiger partial charge in [-0.2, -0.15) is 0 Å². The van der Waals surface area contributed by atoms with Crippen molar-refractivity contribution in [2.24, 2.45) is 5.92 Å². The van der Waals surface area contributed by atoms with Gasteiger partial charge in [0.05, 0.1) is 6.16 Å². The number of hydrogen-bond acceptors (Lipinski definition) is 0. The highest BCUT2D eigenvalue weighted by molar-refractivity contribution is 7.95. The molecule has 30 heavy (non-hydrogen) atoms. The minimum Gasteiger partial charge on any atom is -1.00 e. The fraction of sp³-hybridized carbons (Fsp3) is 0.286. The third-order valence-electron chi connectivity index (χ3n) is 5.76. The first-order valence-corrected chi connectivity index (χ1v) is 12.8. The van der Waals surface area contributed by atoms with Gasteiger partial charge in [0.25, 0.3) is 0 Å². The molecule has 158 valence electrons. The minimum atomic E-state index is -1.67. The van der Waals surface area contributed by atoms with Crippen LogP contribution in [-0.4, -0.2) is 6.16 Å². The van der Waals surface area contributed by atoms with E-state index < -0.39 is 7.26 Å². The third-order valence-corrected chi connectivity index (χ3v) is 10.2. The van der Waals surface area contributed by atoms with Crippen LogP contribution in [0.3, 0.4) is 0 Å². The second-order valence-corrected chi connectivity index (χ2v) is 11.9. The minimum absolute atomic E-state index is 0. The molecule has 0 aliphatic heterocycles. The molecule has 0 unspecified atom stereocenters. The molecule has 0 saturated carbocycles. The van der Waals surface area contributed by atoms with Crippen molar-refractivity contribution in [3.05, 3.63) is 103 Å². The van der Waals surface area contributed by atoms with Gasteiger partial charge < -0.3 is 17.0 Å². The van der Waals surface area contributed by atoms with Gasteiger partial charge >= 0.3 is 0 Å². The first kappa shape index (κ1) is 24.6. The smallest absolute Gasteiger partial charge is 0.112 e. The molecule has 0 nitrogen and oxygen atoms in total. The lowest BCUT2D eigenvalue weighted by Gasteiger charge is -2.28. The van der Waals surface area contributed by atoms with Crippen LogP contribution in [0, 0.1) is 5.92 Å². The van der Waals surface area contributed by atoms with Gasteiger partial charge in [0.2, 0.25) is 0 Å². The van der Waals surface area contributed by atoms with E-state index in [1.165, 1.54) is 46.9 Å².